The van der Waals surface area contributed by atoms with Crippen molar-refractivity contribution in [2.45, 2.75) is 50.4 Å². The lowest BCUT2D eigenvalue weighted by Gasteiger charge is -2.47. The van der Waals surface area contributed by atoms with Gasteiger partial charge in [0.25, 0.3) is 0 Å². The second-order valence-electron chi connectivity index (χ2n) is 6.90. The summed E-state index contributed by atoms with van der Waals surface area (Å²) in [6.07, 6.45) is 0.606. The first-order valence-corrected chi connectivity index (χ1v) is 11.9. The van der Waals surface area contributed by atoms with Crippen LogP contribution in [0, 0.1) is 0 Å². The molecule has 2 aromatic rings. The van der Waals surface area contributed by atoms with E-state index in [0.29, 0.717) is 6.42 Å². The molecule has 0 heterocycles. The molecule has 0 saturated carbocycles. The van der Waals surface area contributed by atoms with Gasteiger partial charge in [0.2, 0.25) is 0 Å². The van der Waals surface area contributed by atoms with Gasteiger partial charge in [-0.05, 0) is 23.3 Å². The van der Waals surface area contributed by atoms with Gasteiger partial charge in [0.05, 0.1) is 8.07 Å². The van der Waals surface area contributed by atoms with Crippen LogP contribution in [0.5, 0.6) is 0 Å². The number of fused-ring (bicyclic) bond motifs is 1. The quantitative estimate of drug-likeness (QED) is 0.578. The van der Waals surface area contributed by atoms with Crippen LogP contribution in [0.1, 0.15) is 48.7 Å². The summed E-state index contributed by atoms with van der Waals surface area (Å²) in [5.41, 5.74) is 3.41. The van der Waals surface area contributed by atoms with Crippen molar-refractivity contribution in [1.29, 1.82) is 0 Å². The SMILES string of the molecule is CC[Si](CC)(CC)[C@@]1(c2cccc(Cl)c2)CC(=O)c2ccccc21. The van der Waals surface area contributed by atoms with E-state index < -0.39 is 8.07 Å². The maximum absolute atomic E-state index is 12.9. The highest BCUT2D eigenvalue weighted by Gasteiger charge is 2.56. The topological polar surface area (TPSA) is 17.1 Å². The summed E-state index contributed by atoms with van der Waals surface area (Å²) in [6, 6.07) is 20.0. The molecule has 0 saturated heterocycles. The first kappa shape index (κ1) is 17.4. The Kier molecular flexibility index (Phi) is 4.72. The van der Waals surface area contributed by atoms with Crippen LogP contribution in [-0.2, 0) is 5.04 Å². The molecule has 3 heteroatoms. The second kappa shape index (κ2) is 6.49. The molecule has 0 spiro atoms. The Bertz CT molecular complexity index is 758. The lowest BCUT2D eigenvalue weighted by atomic mass is 9.91. The number of carbonyl (C=O) groups is 1. The highest BCUT2D eigenvalue weighted by molar-refractivity contribution is 6.83. The van der Waals surface area contributed by atoms with E-state index in [2.05, 4.69) is 45.0 Å². The maximum atomic E-state index is 12.9. The van der Waals surface area contributed by atoms with E-state index in [1.807, 2.05) is 24.3 Å². The molecular formula is C21H25ClOSi. The van der Waals surface area contributed by atoms with E-state index in [9.17, 15) is 4.79 Å². The summed E-state index contributed by atoms with van der Waals surface area (Å²) < 4.78 is 0. The molecule has 0 radical (unpaired) electrons. The monoisotopic (exact) mass is 356 g/mol. The Morgan fingerprint density at radius 2 is 1.67 bits per heavy atom. The van der Waals surface area contributed by atoms with Crippen molar-refractivity contribution < 1.29 is 4.79 Å². The molecule has 0 aromatic heterocycles. The lowest BCUT2D eigenvalue weighted by Crippen LogP contribution is -2.54. The predicted molar refractivity (Wildman–Crippen MR) is 105 cm³/mol. The van der Waals surface area contributed by atoms with Crippen LogP contribution in [0.25, 0.3) is 0 Å². The van der Waals surface area contributed by atoms with Crippen molar-refractivity contribution in [2.75, 3.05) is 0 Å². The number of rotatable bonds is 5. The van der Waals surface area contributed by atoms with Crippen LogP contribution in [-0.4, -0.2) is 13.9 Å². The van der Waals surface area contributed by atoms with Crippen molar-refractivity contribution >= 4 is 25.5 Å². The number of benzene rings is 2. The van der Waals surface area contributed by atoms with E-state index in [-0.39, 0.29) is 10.8 Å². The van der Waals surface area contributed by atoms with Gasteiger partial charge < -0.3 is 0 Å². The fraction of sp³-hybridized carbons (Fsp3) is 0.381. The molecule has 0 fully saturated rings. The average Bonchev–Trinajstić information content (AvgIpc) is 2.92. The van der Waals surface area contributed by atoms with Crippen molar-refractivity contribution in [3.05, 3.63) is 70.2 Å². The fourth-order valence-electron chi connectivity index (χ4n) is 4.98. The summed E-state index contributed by atoms with van der Waals surface area (Å²) in [5.74, 6) is 0.290. The maximum Gasteiger partial charge on any atom is 0.164 e. The number of carbonyl (C=O) groups excluding carboxylic acids is 1. The summed E-state index contributed by atoms with van der Waals surface area (Å²) >= 11 is 6.36. The first-order valence-electron chi connectivity index (χ1n) is 8.93. The minimum Gasteiger partial charge on any atom is -0.294 e. The summed E-state index contributed by atoms with van der Waals surface area (Å²) in [7, 11) is -1.77. The molecule has 0 N–H and O–H groups in total. The van der Waals surface area contributed by atoms with Gasteiger partial charge in [0, 0.05) is 22.0 Å². The highest BCUT2D eigenvalue weighted by Crippen LogP contribution is 2.54. The fourth-order valence-corrected chi connectivity index (χ4v) is 10.6. The number of hydrogen-bond donors (Lipinski definition) is 0. The van der Waals surface area contributed by atoms with Gasteiger partial charge in [-0.15, -0.1) is 0 Å². The third-order valence-corrected chi connectivity index (χ3v) is 13.2. The molecule has 0 aliphatic heterocycles. The van der Waals surface area contributed by atoms with Crippen molar-refractivity contribution in [2.24, 2.45) is 0 Å². The smallest absolute Gasteiger partial charge is 0.164 e. The van der Waals surface area contributed by atoms with Crippen LogP contribution in [0.15, 0.2) is 48.5 Å². The van der Waals surface area contributed by atoms with Gasteiger partial charge in [0.1, 0.15) is 0 Å². The van der Waals surface area contributed by atoms with E-state index in [1.54, 1.807) is 0 Å². The van der Waals surface area contributed by atoms with Gasteiger partial charge >= 0.3 is 0 Å². The predicted octanol–water partition coefficient (Wildman–Crippen LogP) is 6.26. The number of halogens is 1. The standard InChI is InChI=1S/C21H25ClOSi/c1-4-24(5-2,6-3)21(16-10-9-11-17(22)14-16)15-20(23)18-12-7-8-13-19(18)21/h7-14H,4-6,15H2,1-3H3/t21-/m1/s1. The Morgan fingerprint density at radius 3 is 2.29 bits per heavy atom. The number of Topliss-reactive ketones (excluding diaryl/α,β-unsaturated/α-hetero) is 1. The zero-order valence-electron chi connectivity index (χ0n) is 14.7. The zero-order chi connectivity index (χ0) is 17.4. The number of hydrogen-bond acceptors (Lipinski definition) is 1. The molecule has 1 aliphatic rings. The Labute approximate surface area is 151 Å². The molecule has 24 heavy (non-hydrogen) atoms. The molecule has 0 unspecified atom stereocenters. The van der Waals surface area contributed by atoms with Crippen LogP contribution < -0.4 is 0 Å². The van der Waals surface area contributed by atoms with E-state index in [1.165, 1.54) is 29.3 Å². The molecule has 1 aliphatic carbocycles. The van der Waals surface area contributed by atoms with Crippen molar-refractivity contribution in [1.82, 2.24) is 0 Å². The highest BCUT2D eigenvalue weighted by atomic mass is 35.5. The van der Waals surface area contributed by atoms with Crippen LogP contribution >= 0.6 is 11.6 Å². The Balaban J connectivity index is 2.38. The zero-order valence-corrected chi connectivity index (χ0v) is 16.5. The van der Waals surface area contributed by atoms with Gasteiger partial charge in [-0.3, -0.25) is 4.79 Å². The summed E-state index contributed by atoms with van der Waals surface area (Å²) in [6.45, 7) is 6.95. The first-order chi connectivity index (χ1) is 11.5. The molecular weight excluding hydrogens is 332 g/mol. The van der Waals surface area contributed by atoms with Crippen LogP contribution in [0.4, 0.5) is 0 Å². The van der Waals surface area contributed by atoms with Crippen molar-refractivity contribution in [3.63, 3.8) is 0 Å². The second-order valence-corrected chi connectivity index (χ2v) is 12.9. The van der Waals surface area contributed by atoms with E-state index in [0.717, 1.165) is 10.6 Å². The molecule has 2 aromatic carbocycles. The van der Waals surface area contributed by atoms with E-state index >= 15 is 0 Å². The number of ketones is 1. The molecule has 0 amide bonds. The molecule has 3 rings (SSSR count). The van der Waals surface area contributed by atoms with Crippen LogP contribution in [0.2, 0.25) is 23.2 Å². The van der Waals surface area contributed by atoms with Crippen molar-refractivity contribution in [3.8, 4) is 0 Å². The minimum atomic E-state index is -1.77. The molecule has 1 atom stereocenters. The lowest BCUT2D eigenvalue weighted by molar-refractivity contribution is 0.0987. The molecule has 1 nitrogen and oxygen atoms in total. The van der Waals surface area contributed by atoms with Gasteiger partial charge in [-0.25, -0.2) is 0 Å². The third-order valence-electron chi connectivity index (χ3n) is 6.37. The molecule has 126 valence electrons. The van der Waals surface area contributed by atoms with Gasteiger partial charge in [-0.1, -0.05) is 86.9 Å². The van der Waals surface area contributed by atoms with Crippen LogP contribution in [0.3, 0.4) is 0 Å². The summed E-state index contributed by atoms with van der Waals surface area (Å²) in [5, 5.41) is 0.610. The van der Waals surface area contributed by atoms with Gasteiger partial charge in [-0.2, -0.15) is 0 Å². The largest absolute Gasteiger partial charge is 0.294 e. The average molecular weight is 357 g/mol. The minimum absolute atomic E-state index is 0.149. The van der Waals surface area contributed by atoms with Gasteiger partial charge in [0.15, 0.2) is 5.78 Å². The van der Waals surface area contributed by atoms with E-state index in [4.69, 9.17) is 11.6 Å². The third kappa shape index (κ3) is 2.31. The normalized spacial score (nSPS) is 20.2. The molecule has 0 bridgehead atoms. The Morgan fingerprint density at radius 1 is 1.00 bits per heavy atom. The Hall–Kier alpha value is -1.38. The summed E-state index contributed by atoms with van der Waals surface area (Å²) in [4.78, 5) is 12.9.